The molecule has 0 radical (unpaired) electrons. The number of carbonyl (C=O) groups is 1. The highest BCUT2D eigenvalue weighted by molar-refractivity contribution is 7.81. The molecule has 0 saturated heterocycles. The lowest BCUT2D eigenvalue weighted by Gasteiger charge is -2.31. The van der Waals surface area contributed by atoms with Crippen LogP contribution in [0.1, 0.15) is 36.0 Å². The Kier molecular flexibility index (Phi) is 5.30. The zero-order valence-corrected chi connectivity index (χ0v) is 12.8. The fourth-order valence-electron chi connectivity index (χ4n) is 2.50. The minimum Gasteiger partial charge on any atom is -0.379 e. The highest BCUT2D eigenvalue weighted by atomic mass is 32.3. The van der Waals surface area contributed by atoms with Crippen molar-refractivity contribution in [3.05, 3.63) is 24.0 Å². The van der Waals surface area contributed by atoms with Crippen LogP contribution in [0.3, 0.4) is 0 Å². The molecule has 22 heavy (non-hydrogen) atoms. The molecular formula is C13H17FN2O5S. The minimum atomic E-state index is -5.15. The monoisotopic (exact) mass is 332 g/mol. The molecule has 1 aromatic heterocycles. The summed E-state index contributed by atoms with van der Waals surface area (Å²) in [5.41, 5.74) is 0.0848. The highest BCUT2D eigenvalue weighted by Gasteiger charge is 2.26. The van der Waals surface area contributed by atoms with Gasteiger partial charge in [0.25, 0.3) is 5.91 Å². The van der Waals surface area contributed by atoms with Gasteiger partial charge in [0.15, 0.2) is 5.75 Å². The summed E-state index contributed by atoms with van der Waals surface area (Å²) < 4.78 is 42.8. The maximum absolute atomic E-state index is 12.5. The second kappa shape index (κ2) is 7.01. The molecular weight excluding hydrogens is 315 g/mol. The van der Waals surface area contributed by atoms with E-state index in [9.17, 15) is 17.1 Å². The molecule has 7 nitrogen and oxygen atoms in total. The Morgan fingerprint density at radius 3 is 2.77 bits per heavy atom. The SMILES string of the molecule is CO[C@H]1CCCC[C@@H]1NC(=O)c1cncc(OS(=O)(=O)F)c1. The maximum atomic E-state index is 12.5. The smallest absolute Gasteiger partial charge is 0.379 e. The number of ether oxygens (including phenoxy) is 1. The number of pyridine rings is 1. The summed E-state index contributed by atoms with van der Waals surface area (Å²) in [6, 6.07) is 0.991. The standard InChI is InChI=1S/C13H17FN2O5S/c1-20-12-5-3-2-4-11(12)16-13(17)9-6-10(8-15-7-9)21-22(14,18)19/h6-8,11-12H,2-5H2,1H3,(H,16,17)/t11-,12-/m0/s1. The van der Waals surface area contributed by atoms with E-state index >= 15 is 0 Å². The summed E-state index contributed by atoms with van der Waals surface area (Å²) in [6.45, 7) is 0. The quantitative estimate of drug-likeness (QED) is 0.818. The van der Waals surface area contributed by atoms with Crippen LogP contribution < -0.4 is 9.50 Å². The normalized spacial score (nSPS) is 22.1. The largest absolute Gasteiger partial charge is 0.488 e. The lowest BCUT2D eigenvalue weighted by molar-refractivity contribution is 0.0392. The third kappa shape index (κ3) is 4.63. The van der Waals surface area contributed by atoms with Crippen molar-refractivity contribution >= 4 is 16.4 Å². The summed E-state index contributed by atoms with van der Waals surface area (Å²) in [7, 11) is -3.56. The molecule has 1 N–H and O–H groups in total. The Morgan fingerprint density at radius 2 is 2.09 bits per heavy atom. The number of aromatic nitrogens is 1. The molecule has 9 heteroatoms. The van der Waals surface area contributed by atoms with Crippen LogP contribution in [0.5, 0.6) is 5.75 Å². The van der Waals surface area contributed by atoms with E-state index in [0.29, 0.717) is 0 Å². The van der Waals surface area contributed by atoms with E-state index in [-0.39, 0.29) is 23.5 Å². The Labute approximate surface area is 128 Å². The van der Waals surface area contributed by atoms with Gasteiger partial charge < -0.3 is 14.2 Å². The molecule has 0 bridgehead atoms. The van der Waals surface area contributed by atoms with Gasteiger partial charge in [0.1, 0.15) is 0 Å². The van der Waals surface area contributed by atoms with Crippen LogP contribution in [0.2, 0.25) is 0 Å². The summed E-state index contributed by atoms with van der Waals surface area (Å²) >= 11 is 0. The van der Waals surface area contributed by atoms with Gasteiger partial charge in [0, 0.05) is 13.3 Å². The molecule has 0 aliphatic heterocycles. The molecule has 1 aliphatic carbocycles. The molecule has 2 atom stereocenters. The van der Waals surface area contributed by atoms with Crippen LogP contribution in [-0.4, -0.2) is 38.6 Å². The molecule has 1 saturated carbocycles. The third-order valence-corrected chi connectivity index (χ3v) is 3.88. The predicted octanol–water partition coefficient (Wildman–Crippen LogP) is 1.36. The first-order valence-electron chi connectivity index (χ1n) is 6.82. The lowest BCUT2D eigenvalue weighted by atomic mass is 9.92. The first kappa shape index (κ1) is 16.6. The Morgan fingerprint density at radius 1 is 1.36 bits per heavy atom. The number of hydrogen-bond donors (Lipinski definition) is 1. The number of carbonyl (C=O) groups excluding carboxylic acids is 1. The number of methoxy groups -OCH3 is 1. The van der Waals surface area contributed by atoms with Gasteiger partial charge in [-0.2, -0.15) is 8.42 Å². The summed E-state index contributed by atoms with van der Waals surface area (Å²) in [6.07, 6.45) is 5.90. The first-order valence-corrected chi connectivity index (χ1v) is 8.12. The van der Waals surface area contributed by atoms with E-state index in [0.717, 1.165) is 37.9 Å². The van der Waals surface area contributed by atoms with Crippen molar-refractivity contribution in [2.24, 2.45) is 0 Å². The van der Waals surface area contributed by atoms with Crippen LogP contribution >= 0.6 is 0 Å². The molecule has 2 rings (SSSR count). The Balaban J connectivity index is 2.07. The van der Waals surface area contributed by atoms with E-state index in [1.165, 1.54) is 6.20 Å². The van der Waals surface area contributed by atoms with Crippen molar-refractivity contribution in [3.8, 4) is 5.75 Å². The zero-order chi connectivity index (χ0) is 16.2. The number of nitrogens with one attached hydrogen (secondary N) is 1. The molecule has 1 fully saturated rings. The van der Waals surface area contributed by atoms with Crippen LogP contribution in [0, 0.1) is 0 Å². The fourth-order valence-corrected chi connectivity index (χ4v) is 2.82. The van der Waals surface area contributed by atoms with Crippen molar-refractivity contribution in [3.63, 3.8) is 0 Å². The van der Waals surface area contributed by atoms with Crippen molar-refractivity contribution in [2.75, 3.05) is 7.11 Å². The van der Waals surface area contributed by atoms with Gasteiger partial charge >= 0.3 is 10.5 Å². The average molecular weight is 332 g/mol. The minimum absolute atomic E-state index is 0.0590. The van der Waals surface area contributed by atoms with Gasteiger partial charge in [-0.15, -0.1) is 0 Å². The zero-order valence-electron chi connectivity index (χ0n) is 12.0. The van der Waals surface area contributed by atoms with Crippen molar-refractivity contribution in [2.45, 2.75) is 37.8 Å². The van der Waals surface area contributed by atoms with Gasteiger partial charge in [0.2, 0.25) is 0 Å². The molecule has 1 aliphatic rings. The van der Waals surface area contributed by atoms with E-state index in [1.54, 1.807) is 7.11 Å². The molecule has 0 aromatic carbocycles. The van der Waals surface area contributed by atoms with E-state index in [4.69, 9.17) is 4.74 Å². The third-order valence-electron chi connectivity index (χ3n) is 3.49. The second-order valence-corrected chi connectivity index (χ2v) is 5.98. The first-order chi connectivity index (χ1) is 10.4. The molecule has 1 heterocycles. The van der Waals surface area contributed by atoms with Crippen LogP contribution in [0.15, 0.2) is 18.5 Å². The van der Waals surface area contributed by atoms with Gasteiger partial charge in [-0.3, -0.25) is 9.78 Å². The van der Waals surface area contributed by atoms with Crippen molar-refractivity contribution in [1.29, 1.82) is 0 Å². The number of amides is 1. The number of halogens is 1. The van der Waals surface area contributed by atoms with Crippen LogP contribution in [0.4, 0.5) is 3.89 Å². The highest BCUT2D eigenvalue weighted by Crippen LogP contribution is 2.21. The Hall–Kier alpha value is -1.74. The Bertz CT molecular complexity index is 637. The second-order valence-electron chi connectivity index (χ2n) is 5.02. The van der Waals surface area contributed by atoms with Gasteiger partial charge in [-0.25, -0.2) is 0 Å². The van der Waals surface area contributed by atoms with E-state index < -0.39 is 16.4 Å². The van der Waals surface area contributed by atoms with Gasteiger partial charge in [0.05, 0.1) is 23.9 Å². The van der Waals surface area contributed by atoms with E-state index in [1.807, 2.05) is 0 Å². The average Bonchev–Trinajstić information content (AvgIpc) is 2.46. The van der Waals surface area contributed by atoms with Crippen LogP contribution in [-0.2, 0) is 15.2 Å². The summed E-state index contributed by atoms with van der Waals surface area (Å²) in [5, 5.41) is 2.82. The number of nitrogens with zero attached hydrogens (tertiary/aromatic N) is 1. The van der Waals surface area contributed by atoms with Crippen LogP contribution in [0.25, 0.3) is 0 Å². The summed E-state index contributed by atoms with van der Waals surface area (Å²) in [5.74, 6) is -0.801. The molecule has 1 amide bonds. The predicted molar refractivity (Wildman–Crippen MR) is 75.4 cm³/mol. The van der Waals surface area contributed by atoms with Crippen molar-refractivity contribution < 1.29 is 26.0 Å². The lowest BCUT2D eigenvalue weighted by Crippen LogP contribution is -2.45. The fraction of sp³-hybridized carbons (Fsp3) is 0.538. The topological polar surface area (TPSA) is 94.6 Å². The number of hydrogen-bond acceptors (Lipinski definition) is 6. The molecule has 0 spiro atoms. The van der Waals surface area contributed by atoms with E-state index in [2.05, 4.69) is 14.5 Å². The van der Waals surface area contributed by atoms with Gasteiger partial charge in [-0.05, 0) is 18.9 Å². The van der Waals surface area contributed by atoms with Gasteiger partial charge in [-0.1, -0.05) is 16.7 Å². The van der Waals surface area contributed by atoms with Crippen molar-refractivity contribution in [1.82, 2.24) is 10.3 Å². The molecule has 1 aromatic rings. The molecule has 122 valence electrons. The summed E-state index contributed by atoms with van der Waals surface area (Å²) in [4.78, 5) is 15.9. The number of rotatable bonds is 5. The maximum Gasteiger partial charge on any atom is 0.488 e. The molecule has 0 unspecified atom stereocenters.